The van der Waals surface area contributed by atoms with Gasteiger partial charge in [-0.3, -0.25) is 14.4 Å². The summed E-state index contributed by atoms with van der Waals surface area (Å²) in [6, 6.07) is 0.0267. The summed E-state index contributed by atoms with van der Waals surface area (Å²) in [6.45, 7) is 4.93. The molecule has 124 valence electrons. The number of carbonyl (C=O) groups excluding carboxylic acids is 1. The van der Waals surface area contributed by atoms with Gasteiger partial charge >= 0.3 is 6.18 Å². The molecular formula is C13H19F3N4O2. The number of amides is 1. The van der Waals surface area contributed by atoms with Gasteiger partial charge < -0.3 is 10.1 Å². The monoisotopic (exact) mass is 320 g/mol. The standard InChI is InChI=1S/C13H19F3N4O2/c1-9(20-3-5-22-6-4-20)7-17-12(21)10-8-19(2)18-11(10)13(14,15)16/h8-9H,3-7H2,1-2H3,(H,17,21). The Morgan fingerprint density at radius 1 is 1.45 bits per heavy atom. The van der Waals surface area contributed by atoms with Crippen molar-refractivity contribution in [1.82, 2.24) is 20.0 Å². The van der Waals surface area contributed by atoms with Crippen LogP contribution in [0, 0.1) is 0 Å². The summed E-state index contributed by atoms with van der Waals surface area (Å²) >= 11 is 0. The Labute approximate surface area is 126 Å². The summed E-state index contributed by atoms with van der Waals surface area (Å²) in [5.41, 5.74) is -1.62. The third-order valence-electron chi connectivity index (χ3n) is 3.57. The molecule has 1 atom stereocenters. The van der Waals surface area contributed by atoms with Gasteiger partial charge in [-0.15, -0.1) is 0 Å². The maximum absolute atomic E-state index is 12.8. The number of hydrogen-bond acceptors (Lipinski definition) is 4. The van der Waals surface area contributed by atoms with Crippen LogP contribution in [0.2, 0.25) is 0 Å². The van der Waals surface area contributed by atoms with E-state index in [9.17, 15) is 18.0 Å². The van der Waals surface area contributed by atoms with Gasteiger partial charge in [0.15, 0.2) is 5.69 Å². The fourth-order valence-electron chi connectivity index (χ4n) is 2.35. The number of rotatable bonds is 4. The molecular weight excluding hydrogens is 301 g/mol. The predicted molar refractivity (Wildman–Crippen MR) is 72.4 cm³/mol. The molecule has 0 saturated carbocycles. The van der Waals surface area contributed by atoms with Crippen molar-refractivity contribution >= 4 is 5.91 Å². The number of alkyl halides is 3. The van der Waals surface area contributed by atoms with Crippen molar-refractivity contribution in [3.63, 3.8) is 0 Å². The van der Waals surface area contributed by atoms with Crippen LogP contribution in [0.3, 0.4) is 0 Å². The quantitative estimate of drug-likeness (QED) is 0.895. The zero-order chi connectivity index (χ0) is 16.3. The number of nitrogens with one attached hydrogen (secondary N) is 1. The maximum Gasteiger partial charge on any atom is 0.435 e. The Morgan fingerprint density at radius 3 is 2.68 bits per heavy atom. The topological polar surface area (TPSA) is 59.4 Å². The highest BCUT2D eigenvalue weighted by Crippen LogP contribution is 2.30. The lowest BCUT2D eigenvalue weighted by Gasteiger charge is -2.32. The van der Waals surface area contributed by atoms with E-state index in [0.717, 1.165) is 24.0 Å². The van der Waals surface area contributed by atoms with E-state index in [1.165, 1.54) is 7.05 Å². The van der Waals surface area contributed by atoms with Crippen LogP contribution in [0.5, 0.6) is 0 Å². The average molecular weight is 320 g/mol. The molecule has 1 saturated heterocycles. The van der Waals surface area contributed by atoms with E-state index in [2.05, 4.69) is 15.3 Å². The van der Waals surface area contributed by atoms with Crippen LogP contribution < -0.4 is 5.32 Å². The summed E-state index contributed by atoms with van der Waals surface area (Å²) in [4.78, 5) is 14.1. The van der Waals surface area contributed by atoms with Crippen LogP contribution in [-0.4, -0.2) is 59.5 Å². The van der Waals surface area contributed by atoms with E-state index in [1.807, 2.05) is 6.92 Å². The smallest absolute Gasteiger partial charge is 0.379 e. The minimum Gasteiger partial charge on any atom is -0.379 e. The predicted octanol–water partition coefficient (Wildman–Crippen LogP) is 0.889. The molecule has 22 heavy (non-hydrogen) atoms. The zero-order valence-corrected chi connectivity index (χ0v) is 12.5. The van der Waals surface area contributed by atoms with Crippen LogP contribution in [0.1, 0.15) is 23.0 Å². The normalized spacial score (nSPS) is 18.2. The first-order chi connectivity index (χ1) is 10.3. The SMILES string of the molecule is CC(CNC(=O)c1cn(C)nc1C(F)(F)F)N1CCOCC1. The van der Waals surface area contributed by atoms with Crippen molar-refractivity contribution in [1.29, 1.82) is 0 Å². The first kappa shape index (κ1) is 16.8. The van der Waals surface area contributed by atoms with Crippen molar-refractivity contribution in [2.24, 2.45) is 7.05 Å². The fraction of sp³-hybridized carbons (Fsp3) is 0.692. The summed E-state index contributed by atoms with van der Waals surface area (Å²) < 4.78 is 44.7. The maximum atomic E-state index is 12.8. The molecule has 1 aromatic heterocycles. The Hall–Kier alpha value is -1.61. The Bertz CT molecular complexity index is 524. The lowest BCUT2D eigenvalue weighted by atomic mass is 10.2. The number of ether oxygens (including phenoxy) is 1. The molecule has 1 fully saturated rings. The third kappa shape index (κ3) is 3.98. The highest BCUT2D eigenvalue weighted by Gasteiger charge is 2.39. The molecule has 2 rings (SSSR count). The molecule has 1 amide bonds. The highest BCUT2D eigenvalue weighted by molar-refractivity contribution is 5.95. The van der Waals surface area contributed by atoms with Crippen LogP contribution in [-0.2, 0) is 18.0 Å². The summed E-state index contributed by atoms with van der Waals surface area (Å²) in [6.07, 6.45) is -3.57. The van der Waals surface area contributed by atoms with E-state index >= 15 is 0 Å². The van der Waals surface area contributed by atoms with E-state index < -0.39 is 23.3 Å². The van der Waals surface area contributed by atoms with Gasteiger partial charge in [0, 0.05) is 38.9 Å². The summed E-state index contributed by atoms with van der Waals surface area (Å²) in [5.74, 6) is -0.763. The number of aryl methyl sites for hydroxylation is 1. The second-order valence-corrected chi connectivity index (χ2v) is 5.27. The van der Waals surface area contributed by atoms with Gasteiger partial charge in [-0.1, -0.05) is 0 Å². The number of morpholine rings is 1. The zero-order valence-electron chi connectivity index (χ0n) is 12.5. The molecule has 0 bridgehead atoms. The molecule has 1 N–H and O–H groups in total. The van der Waals surface area contributed by atoms with E-state index in [4.69, 9.17) is 4.74 Å². The van der Waals surface area contributed by atoms with Crippen LogP contribution in [0.4, 0.5) is 13.2 Å². The molecule has 1 unspecified atom stereocenters. The summed E-state index contributed by atoms with van der Waals surface area (Å²) in [7, 11) is 1.35. The number of halogens is 3. The Kier molecular flexibility index (Phi) is 5.07. The molecule has 6 nitrogen and oxygen atoms in total. The van der Waals surface area contributed by atoms with Gasteiger partial charge in [0.1, 0.15) is 0 Å². The number of aromatic nitrogens is 2. The minimum absolute atomic E-state index is 0.0267. The lowest BCUT2D eigenvalue weighted by Crippen LogP contribution is -2.47. The molecule has 0 spiro atoms. The Balaban J connectivity index is 1.97. The third-order valence-corrected chi connectivity index (χ3v) is 3.57. The van der Waals surface area contributed by atoms with Gasteiger partial charge in [-0.05, 0) is 6.92 Å². The fourth-order valence-corrected chi connectivity index (χ4v) is 2.35. The first-order valence-corrected chi connectivity index (χ1v) is 7.00. The van der Waals surface area contributed by atoms with E-state index in [1.54, 1.807) is 0 Å². The molecule has 2 heterocycles. The molecule has 9 heteroatoms. The summed E-state index contributed by atoms with van der Waals surface area (Å²) in [5, 5.41) is 5.87. The molecule has 1 aliphatic heterocycles. The number of hydrogen-bond donors (Lipinski definition) is 1. The van der Waals surface area contributed by atoms with Crippen molar-refractivity contribution in [2.75, 3.05) is 32.8 Å². The van der Waals surface area contributed by atoms with Crippen molar-refractivity contribution in [3.05, 3.63) is 17.5 Å². The number of nitrogens with zero attached hydrogens (tertiary/aromatic N) is 3. The van der Waals surface area contributed by atoms with Gasteiger partial charge in [-0.2, -0.15) is 18.3 Å². The van der Waals surface area contributed by atoms with Crippen LogP contribution >= 0.6 is 0 Å². The molecule has 0 aliphatic carbocycles. The van der Waals surface area contributed by atoms with Crippen molar-refractivity contribution in [3.8, 4) is 0 Å². The van der Waals surface area contributed by atoms with Gasteiger partial charge in [0.25, 0.3) is 5.91 Å². The second-order valence-electron chi connectivity index (χ2n) is 5.27. The molecule has 1 aliphatic rings. The van der Waals surface area contributed by atoms with Crippen LogP contribution in [0.25, 0.3) is 0 Å². The minimum atomic E-state index is -4.65. The molecule has 0 radical (unpaired) electrons. The van der Waals surface area contributed by atoms with Gasteiger partial charge in [-0.25, -0.2) is 0 Å². The van der Waals surface area contributed by atoms with Gasteiger partial charge in [0.05, 0.1) is 18.8 Å². The lowest BCUT2D eigenvalue weighted by molar-refractivity contribution is -0.141. The largest absolute Gasteiger partial charge is 0.435 e. The van der Waals surface area contributed by atoms with Gasteiger partial charge in [0.2, 0.25) is 0 Å². The molecule has 0 aromatic carbocycles. The van der Waals surface area contributed by atoms with Crippen molar-refractivity contribution in [2.45, 2.75) is 19.1 Å². The van der Waals surface area contributed by atoms with Crippen molar-refractivity contribution < 1.29 is 22.7 Å². The Morgan fingerprint density at radius 2 is 2.09 bits per heavy atom. The number of carbonyl (C=O) groups is 1. The van der Waals surface area contributed by atoms with E-state index in [-0.39, 0.29) is 12.6 Å². The highest BCUT2D eigenvalue weighted by atomic mass is 19.4. The first-order valence-electron chi connectivity index (χ1n) is 7.00. The molecule has 1 aromatic rings. The second kappa shape index (κ2) is 6.66. The average Bonchev–Trinajstić information content (AvgIpc) is 2.87. The van der Waals surface area contributed by atoms with Crippen LogP contribution in [0.15, 0.2) is 6.20 Å². The van der Waals surface area contributed by atoms with E-state index in [0.29, 0.717) is 13.2 Å².